The van der Waals surface area contributed by atoms with Crippen molar-refractivity contribution < 1.29 is 21.6 Å². The SMILES string of the molecule is CN(C)S(=O)(=O)c1c(Cl)cccc1C(F)(F)F. The van der Waals surface area contributed by atoms with E-state index >= 15 is 0 Å². The number of rotatable bonds is 2. The molecule has 0 aliphatic rings. The van der Waals surface area contributed by atoms with Crippen LogP contribution in [-0.2, 0) is 16.2 Å². The zero-order chi connectivity index (χ0) is 13.4. The first-order chi connectivity index (χ1) is 7.58. The fourth-order valence-electron chi connectivity index (χ4n) is 1.18. The third kappa shape index (κ3) is 2.72. The first kappa shape index (κ1) is 14.3. The molecule has 0 saturated carbocycles. The zero-order valence-electron chi connectivity index (χ0n) is 8.92. The number of alkyl halides is 3. The van der Waals surface area contributed by atoms with Crippen molar-refractivity contribution in [3.63, 3.8) is 0 Å². The van der Waals surface area contributed by atoms with Gasteiger partial charge in [-0.3, -0.25) is 0 Å². The molecule has 0 spiro atoms. The maximum absolute atomic E-state index is 12.7. The van der Waals surface area contributed by atoms with Gasteiger partial charge in [-0.05, 0) is 12.1 Å². The van der Waals surface area contributed by atoms with Crippen molar-refractivity contribution in [2.24, 2.45) is 0 Å². The lowest BCUT2D eigenvalue weighted by molar-refractivity contribution is -0.139. The molecule has 0 aliphatic heterocycles. The Morgan fingerprint density at radius 1 is 1.24 bits per heavy atom. The van der Waals surface area contributed by atoms with Crippen molar-refractivity contribution in [2.75, 3.05) is 14.1 Å². The maximum Gasteiger partial charge on any atom is 0.417 e. The standard InChI is InChI=1S/C9H9ClF3NO2S/c1-14(2)17(15,16)8-6(9(11,12)13)4-3-5-7(8)10/h3-5H,1-2H3. The highest BCUT2D eigenvalue weighted by Gasteiger charge is 2.39. The van der Waals surface area contributed by atoms with Crippen molar-refractivity contribution in [1.82, 2.24) is 4.31 Å². The van der Waals surface area contributed by atoms with E-state index in [9.17, 15) is 21.6 Å². The van der Waals surface area contributed by atoms with Gasteiger partial charge in [-0.1, -0.05) is 17.7 Å². The van der Waals surface area contributed by atoms with Crippen LogP contribution in [0.3, 0.4) is 0 Å². The molecule has 8 heteroatoms. The second-order valence-electron chi connectivity index (χ2n) is 3.40. The Morgan fingerprint density at radius 3 is 2.18 bits per heavy atom. The van der Waals surface area contributed by atoms with Gasteiger partial charge >= 0.3 is 6.18 Å². The van der Waals surface area contributed by atoms with Crippen molar-refractivity contribution in [3.05, 3.63) is 28.8 Å². The summed E-state index contributed by atoms with van der Waals surface area (Å²) in [6.45, 7) is 0. The molecule has 0 heterocycles. The van der Waals surface area contributed by atoms with Crippen LogP contribution in [0.15, 0.2) is 23.1 Å². The van der Waals surface area contributed by atoms with Gasteiger partial charge in [-0.25, -0.2) is 12.7 Å². The molecule has 1 aromatic carbocycles. The summed E-state index contributed by atoms with van der Waals surface area (Å²) in [5.41, 5.74) is -1.27. The van der Waals surface area contributed by atoms with Crippen LogP contribution in [0.5, 0.6) is 0 Å². The Kier molecular flexibility index (Phi) is 3.75. The number of sulfonamides is 1. The zero-order valence-corrected chi connectivity index (χ0v) is 10.5. The molecule has 0 bridgehead atoms. The Labute approximate surface area is 102 Å². The first-order valence-corrected chi connectivity index (χ1v) is 6.18. The summed E-state index contributed by atoms with van der Waals surface area (Å²) in [6, 6.07) is 2.84. The van der Waals surface area contributed by atoms with Crippen molar-refractivity contribution >= 4 is 21.6 Å². The average molecular weight is 288 g/mol. The number of halogens is 4. The summed E-state index contributed by atoms with van der Waals surface area (Å²) < 4.78 is 62.2. The molecule has 0 atom stereocenters. The number of benzene rings is 1. The second kappa shape index (κ2) is 4.47. The third-order valence-corrected chi connectivity index (χ3v) is 4.36. The van der Waals surface area contributed by atoms with E-state index in [1.165, 1.54) is 0 Å². The van der Waals surface area contributed by atoms with E-state index < -0.39 is 31.7 Å². The Balaban J connectivity index is 3.64. The van der Waals surface area contributed by atoms with Gasteiger partial charge in [0.1, 0.15) is 4.90 Å². The van der Waals surface area contributed by atoms with Gasteiger partial charge in [0.25, 0.3) is 0 Å². The van der Waals surface area contributed by atoms with Gasteiger partial charge in [0.2, 0.25) is 10.0 Å². The molecule has 0 fully saturated rings. The molecule has 0 radical (unpaired) electrons. The Hall–Kier alpha value is -0.790. The first-order valence-electron chi connectivity index (χ1n) is 4.36. The summed E-state index contributed by atoms with van der Waals surface area (Å²) in [5, 5.41) is -0.450. The van der Waals surface area contributed by atoms with Crippen LogP contribution in [0.4, 0.5) is 13.2 Å². The van der Waals surface area contributed by atoms with Gasteiger partial charge in [0.15, 0.2) is 0 Å². The fourth-order valence-corrected chi connectivity index (χ4v) is 2.79. The molecule has 0 amide bonds. The van der Waals surface area contributed by atoms with Gasteiger partial charge in [0, 0.05) is 14.1 Å². The lowest BCUT2D eigenvalue weighted by atomic mass is 10.2. The average Bonchev–Trinajstić information content (AvgIpc) is 2.15. The molecule has 17 heavy (non-hydrogen) atoms. The maximum atomic E-state index is 12.7. The number of hydrogen-bond donors (Lipinski definition) is 0. The Bertz CT molecular complexity index is 526. The largest absolute Gasteiger partial charge is 0.417 e. The van der Waals surface area contributed by atoms with E-state index in [1.54, 1.807) is 0 Å². The van der Waals surface area contributed by atoms with E-state index in [2.05, 4.69) is 0 Å². The van der Waals surface area contributed by atoms with Crippen molar-refractivity contribution in [3.8, 4) is 0 Å². The molecule has 0 saturated heterocycles. The molecule has 1 aromatic rings. The second-order valence-corrected chi connectivity index (χ2v) is 5.90. The molecule has 96 valence electrons. The van der Waals surface area contributed by atoms with Crippen molar-refractivity contribution in [1.29, 1.82) is 0 Å². The van der Waals surface area contributed by atoms with Crippen LogP contribution in [0.25, 0.3) is 0 Å². The lowest BCUT2D eigenvalue weighted by Gasteiger charge is -2.17. The van der Waals surface area contributed by atoms with Crippen LogP contribution in [0, 0.1) is 0 Å². The smallest absolute Gasteiger partial charge is 0.207 e. The van der Waals surface area contributed by atoms with Crippen LogP contribution >= 0.6 is 11.6 Å². The number of nitrogens with zero attached hydrogens (tertiary/aromatic N) is 1. The molecule has 3 nitrogen and oxygen atoms in total. The molecular weight excluding hydrogens is 279 g/mol. The summed E-state index contributed by atoms with van der Waals surface area (Å²) in [6.07, 6.45) is -4.77. The van der Waals surface area contributed by atoms with E-state index in [0.717, 1.165) is 26.2 Å². The van der Waals surface area contributed by atoms with Crippen LogP contribution < -0.4 is 0 Å². The summed E-state index contributed by atoms with van der Waals surface area (Å²) >= 11 is 5.56. The quantitative estimate of drug-likeness (QED) is 0.838. The van der Waals surface area contributed by atoms with Gasteiger partial charge in [-0.2, -0.15) is 13.2 Å². The highest BCUT2D eigenvalue weighted by Crippen LogP contribution is 2.38. The van der Waals surface area contributed by atoms with E-state index in [4.69, 9.17) is 11.6 Å². The number of hydrogen-bond acceptors (Lipinski definition) is 2. The highest BCUT2D eigenvalue weighted by atomic mass is 35.5. The minimum absolute atomic E-state index is 0.450. The van der Waals surface area contributed by atoms with Crippen LogP contribution in [0.1, 0.15) is 5.56 Å². The van der Waals surface area contributed by atoms with E-state index in [0.29, 0.717) is 10.4 Å². The molecular formula is C9H9ClF3NO2S. The monoisotopic (exact) mass is 287 g/mol. The van der Waals surface area contributed by atoms with Gasteiger partial charge in [-0.15, -0.1) is 0 Å². The lowest BCUT2D eigenvalue weighted by Crippen LogP contribution is -2.25. The van der Waals surface area contributed by atoms with Crippen LogP contribution in [0.2, 0.25) is 5.02 Å². The molecule has 0 aromatic heterocycles. The fraction of sp³-hybridized carbons (Fsp3) is 0.333. The summed E-state index contributed by atoms with van der Waals surface area (Å²) in [4.78, 5) is -0.917. The molecule has 0 unspecified atom stereocenters. The normalized spacial score (nSPS) is 13.1. The van der Waals surface area contributed by atoms with Crippen LogP contribution in [-0.4, -0.2) is 26.8 Å². The van der Waals surface area contributed by atoms with Crippen molar-refractivity contribution in [2.45, 2.75) is 11.1 Å². The third-order valence-electron chi connectivity index (χ3n) is 2.01. The van der Waals surface area contributed by atoms with Gasteiger partial charge in [0.05, 0.1) is 10.6 Å². The predicted octanol–water partition coefficient (Wildman–Crippen LogP) is 2.61. The van der Waals surface area contributed by atoms with Gasteiger partial charge < -0.3 is 0 Å². The Morgan fingerprint density at radius 2 is 1.76 bits per heavy atom. The predicted molar refractivity (Wildman–Crippen MR) is 57.3 cm³/mol. The van der Waals surface area contributed by atoms with E-state index in [-0.39, 0.29) is 0 Å². The minimum Gasteiger partial charge on any atom is -0.207 e. The molecule has 1 rings (SSSR count). The summed E-state index contributed by atoms with van der Waals surface area (Å²) in [5.74, 6) is 0. The molecule has 0 aliphatic carbocycles. The van der Waals surface area contributed by atoms with E-state index in [1.807, 2.05) is 0 Å². The highest BCUT2D eigenvalue weighted by molar-refractivity contribution is 7.89. The summed E-state index contributed by atoms with van der Waals surface area (Å²) in [7, 11) is -1.96. The topological polar surface area (TPSA) is 37.4 Å². The minimum atomic E-state index is -4.77. The molecule has 0 N–H and O–H groups in total.